The summed E-state index contributed by atoms with van der Waals surface area (Å²) in [5, 5.41) is 3.71. The van der Waals surface area contributed by atoms with E-state index in [1.165, 1.54) is 18.3 Å². The molecule has 2 aromatic carbocycles. The van der Waals surface area contributed by atoms with Crippen molar-refractivity contribution >= 4 is 61.2 Å². The first-order valence-corrected chi connectivity index (χ1v) is 14.4. The Kier molecular flexibility index (Phi) is 7.87. The van der Waals surface area contributed by atoms with Gasteiger partial charge in [-0.2, -0.15) is 0 Å². The van der Waals surface area contributed by atoms with Gasteiger partial charge in [0.15, 0.2) is 5.78 Å². The van der Waals surface area contributed by atoms with Gasteiger partial charge in [-0.1, -0.05) is 42.5 Å². The molecule has 208 valence electrons. The van der Waals surface area contributed by atoms with Gasteiger partial charge >= 0.3 is 5.97 Å². The summed E-state index contributed by atoms with van der Waals surface area (Å²) in [6.07, 6.45) is 0. The number of carbonyl (C=O) groups excluding carboxylic acids is 3. The van der Waals surface area contributed by atoms with Crippen molar-refractivity contribution in [1.82, 2.24) is 4.98 Å². The third-order valence-electron chi connectivity index (χ3n) is 6.55. The van der Waals surface area contributed by atoms with E-state index in [1.54, 1.807) is 21.0 Å². The zero-order valence-corrected chi connectivity index (χ0v) is 24.5. The van der Waals surface area contributed by atoms with Gasteiger partial charge in [-0.3, -0.25) is 9.59 Å². The molecule has 8 nitrogen and oxygen atoms in total. The summed E-state index contributed by atoms with van der Waals surface area (Å²) in [5.74, 6) is -0.602. The molecule has 5 rings (SSSR count). The van der Waals surface area contributed by atoms with Gasteiger partial charge in [0.25, 0.3) is 5.91 Å². The van der Waals surface area contributed by atoms with E-state index in [2.05, 4.69) is 5.32 Å². The number of carbonyl (C=O) groups is 3. The first-order valence-electron chi connectivity index (χ1n) is 12.8. The molecule has 10 heteroatoms. The number of nitrogens with zero attached hydrogens (tertiary/aromatic N) is 1. The number of anilines is 2. The molecule has 0 saturated carbocycles. The summed E-state index contributed by atoms with van der Waals surface area (Å²) in [6.45, 7) is 4.93. The molecular formula is C31H27N3O5S2. The number of Topliss-reactive ketones (excluding diaryl/α,β-unsaturated/α-hetero) is 1. The molecule has 41 heavy (non-hydrogen) atoms. The van der Waals surface area contributed by atoms with Crippen LogP contribution in [0.5, 0.6) is 5.75 Å². The minimum absolute atomic E-state index is 0.156. The first kappa shape index (κ1) is 28.0. The van der Waals surface area contributed by atoms with E-state index >= 15 is 0 Å². The molecule has 3 heterocycles. The molecule has 0 saturated heterocycles. The number of rotatable bonds is 8. The van der Waals surface area contributed by atoms with Crippen LogP contribution in [-0.2, 0) is 4.74 Å². The highest BCUT2D eigenvalue weighted by Gasteiger charge is 2.28. The number of aromatic nitrogens is 1. The quantitative estimate of drug-likeness (QED) is 0.146. The number of hydrogen-bond acceptors (Lipinski definition) is 9. The van der Waals surface area contributed by atoms with Crippen LogP contribution in [-0.4, -0.2) is 36.4 Å². The minimum atomic E-state index is -0.607. The van der Waals surface area contributed by atoms with Crippen LogP contribution in [0.2, 0.25) is 0 Å². The van der Waals surface area contributed by atoms with Gasteiger partial charge in [0.05, 0.1) is 35.5 Å². The fraction of sp³-hybridized carbons (Fsp3) is 0.161. The van der Waals surface area contributed by atoms with E-state index in [-0.39, 0.29) is 33.5 Å². The number of thiophene rings is 2. The summed E-state index contributed by atoms with van der Waals surface area (Å²) < 4.78 is 10.5. The van der Waals surface area contributed by atoms with E-state index < -0.39 is 11.9 Å². The van der Waals surface area contributed by atoms with Gasteiger partial charge in [-0.05, 0) is 55.7 Å². The number of nitrogens with one attached hydrogen (secondary N) is 1. The maximum Gasteiger partial charge on any atom is 0.341 e. The zero-order chi connectivity index (χ0) is 29.3. The largest absolute Gasteiger partial charge is 0.497 e. The molecule has 0 aliphatic heterocycles. The third-order valence-corrected chi connectivity index (χ3v) is 8.96. The van der Waals surface area contributed by atoms with Crippen molar-refractivity contribution in [2.45, 2.75) is 20.8 Å². The van der Waals surface area contributed by atoms with Crippen molar-refractivity contribution in [3.05, 3.63) is 81.5 Å². The monoisotopic (exact) mass is 585 g/mol. The van der Waals surface area contributed by atoms with E-state index in [0.717, 1.165) is 33.7 Å². The Hall–Kier alpha value is -4.54. The smallest absolute Gasteiger partial charge is 0.341 e. The SMILES string of the molecule is CCOC(=O)c1c(NC(=O)c2sc3nc(-c4ccccc4)cc(-c4ccc(OC)cc4)c3c2N)sc(C(C)=O)c1C. The number of fused-ring (bicyclic) bond motifs is 1. The van der Waals surface area contributed by atoms with E-state index in [1.807, 2.05) is 60.7 Å². The first-order chi connectivity index (χ1) is 19.7. The molecule has 1 amide bonds. The number of methoxy groups -OCH3 is 1. The van der Waals surface area contributed by atoms with Crippen molar-refractivity contribution in [1.29, 1.82) is 0 Å². The predicted octanol–water partition coefficient (Wildman–Crippen LogP) is 7.22. The molecule has 3 N–H and O–H groups in total. The molecule has 5 aromatic rings. The number of pyridine rings is 1. The van der Waals surface area contributed by atoms with Crippen molar-refractivity contribution in [3.63, 3.8) is 0 Å². The van der Waals surface area contributed by atoms with Crippen LogP contribution >= 0.6 is 22.7 Å². The van der Waals surface area contributed by atoms with Crippen LogP contribution in [0.1, 0.15) is 49.1 Å². The van der Waals surface area contributed by atoms with Gasteiger partial charge in [0, 0.05) is 10.9 Å². The summed E-state index contributed by atoms with van der Waals surface area (Å²) in [7, 11) is 1.61. The Labute approximate surface area is 244 Å². The molecule has 0 aliphatic carbocycles. The maximum absolute atomic E-state index is 13.7. The standard InChI is InChI=1S/C31H27N3O5S2/c1-5-39-31(37)23-16(2)26(17(3)35)40-29(23)34-28(36)27-25(32)24-21(18-11-13-20(38-4)14-12-18)15-22(33-30(24)41-27)19-9-7-6-8-10-19/h6-15H,5,32H2,1-4H3,(H,34,36). The number of amides is 1. The minimum Gasteiger partial charge on any atom is -0.497 e. The fourth-order valence-electron chi connectivity index (χ4n) is 4.59. The molecule has 3 aromatic heterocycles. The second kappa shape index (κ2) is 11.5. The van der Waals surface area contributed by atoms with Crippen molar-refractivity contribution in [2.75, 3.05) is 24.8 Å². The Morgan fingerprint density at radius 2 is 1.68 bits per heavy atom. The lowest BCUT2D eigenvalue weighted by molar-refractivity contribution is 0.0527. The number of esters is 1. The molecule has 0 aliphatic rings. The average Bonchev–Trinajstić information content (AvgIpc) is 3.49. The van der Waals surface area contributed by atoms with E-state index in [0.29, 0.717) is 26.4 Å². The number of ketones is 1. The zero-order valence-electron chi connectivity index (χ0n) is 22.9. The normalized spacial score (nSPS) is 10.9. The highest BCUT2D eigenvalue weighted by Crippen LogP contribution is 2.42. The van der Waals surface area contributed by atoms with Gasteiger partial charge in [0.1, 0.15) is 20.5 Å². The summed E-state index contributed by atoms with van der Waals surface area (Å²) in [6, 6.07) is 19.3. The van der Waals surface area contributed by atoms with Crippen LogP contribution < -0.4 is 15.8 Å². The van der Waals surface area contributed by atoms with Gasteiger partial charge < -0.3 is 20.5 Å². The predicted molar refractivity (Wildman–Crippen MR) is 164 cm³/mol. The topological polar surface area (TPSA) is 121 Å². The highest BCUT2D eigenvalue weighted by molar-refractivity contribution is 7.22. The van der Waals surface area contributed by atoms with Gasteiger partial charge in [0.2, 0.25) is 0 Å². The van der Waals surface area contributed by atoms with Crippen LogP contribution in [0.25, 0.3) is 32.6 Å². The van der Waals surface area contributed by atoms with Crippen LogP contribution in [0.3, 0.4) is 0 Å². The number of hydrogen-bond donors (Lipinski definition) is 2. The van der Waals surface area contributed by atoms with Crippen LogP contribution in [0.4, 0.5) is 10.7 Å². The number of ether oxygens (including phenoxy) is 2. The van der Waals surface area contributed by atoms with Crippen molar-refractivity contribution in [2.24, 2.45) is 0 Å². The molecule has 0 radical (unpaired) electrons. The average molecular weight is 586 g/mol. The van der Waals surface area contributed by atoms with Crippen LogP contribution in [0.15, 0.2) is 60.7 Å². The van der Waals surface area contributed by atoms with Crippen LogP contribution in [0, 0.1) is 6.92 Å². The second-order valence-electron chi connectivity index (χ2n) is 9.17. The summed E-state index contributed by atoms with van der Waals surface area (Å²) in [5.41, 5.74) is 10.9. The number of nitrogens with two attached hydrogens (primary N) is 1. The lowest BCUT2D eigenvalue weighted by Gasteiger charge is -2.10. The third kappa shape index (κ3) is 5.31. The number of benzene rings is 2. The molecule has 0 unspecified atom stereocenters. The van der Waals surface area contributed by atoms with Crippen molar-refractivity contribution < 1.29 is 23.9 Å². The summed E-state index contributed by atoms with van der Waals surface area (Å²) in [4.78, 5) is 44.7. The molecular weight excluding hydrogens is 558 g/mol. The van der Waals surface area contributed by atoms with E-state index in [4.69, 9.17) is 20.2 Å². The van der Waals surface area contributed by atoms with Gasteiger partial charge in [-0.25, -0.2) is 9.78 Å². The fourth-order valence-corrected chi connectivity index (χ4v) is 6.69. The highest BCUT2D eigenvalue weighted by atomic mass is 32.1. The Balaban J connectivity index is 1.64. The van der Waals surface area contributed by atoms with Crippen molar-refractivity contribution in [3.8, 4) is 28.1 Å². The lowest BCUT2D eigenvalue weighted by atomic mass is 9.99. The molecule has 0 atom stereocenters. The maximum atomic E-state index is 13.7. The summed E-state index contributed by atoms with van der Waals surface area (Å²) >= 11 is 2.21. The van der Waals surface area contributed by atoms with Gasteiger partial charge in [-0.15, -0.1) is 22.7 Å². The lowest BCUT2D eigenvalue weighted by Crippen LogP contribution is -2.15. The molecule has 0 spiro atoms. The molecule has 0 fully saturated rings. The molecule has 0 bridgehead atoms. The van der Waals surface area contributed by atoms with E-state index in [9.17, 15) is 14.4 Å². The Morgan fingerprint density at radius 1 is 0.976 bits per heavy atom. The number of nitrogen functional groups attached to an aromatic ring is 1. The Bertz CT molecular complexity index is 1790. The second-order valence-corrected chi connectivity index (χ2v) is 11.2. The Morgan fingerprint density at radius 3 is 2.32 bits per heavy atom.